The number of nitrogens with two attached hydrogens (primary N) is 2. The second-order valence-electron chi connectivity index (χ2n) is 38.8. The highest BCUT2D eigenvalue weighted by Gasteiger charge is 2.46. The molecule has 0 aromatic carbocycles. The van der Waals surface area contributed by atoms with Crippen LogP contribution in [-0.2, 0) is 81.3 Å². The summed E-state index contributed by atoms with van der Waals surface area (Å²) in [5, 5.41) is 55.0. The maximum Gasteiger partial charge on any atom is 0.333 e. The van der Waals surface area contributed by atoms with Crippen LogP contribution in [0.1, 0.15) is 348 Å². The van der Waals surface area contributed by atoms with Crippen molar-refractivity contribution in [3.63, 3.8) is 0 Å². The number of hydrogen-bond acceptors (Lipinski definition) is 25. The summed E-state index contributed by atoms with van der Waals surface area (Å²) in [7, 11) is 29.4. The third-order valence-electron chi connectivity index (χ3n) is 26.1. The summed E-state index contributed by atoms with van der Waals surface area (Å²) in [5.41, 5.74) is 5.06. The second kappa shape index (κ2) is 75.7. The highest BCUT2D eigenvalue weighted by atomic mass is 35.5. The van der Waals surface area contributed by atoms with Crippen molar-refractivity contribution in [3.8, 4) is 0 Å². The summed E-state index contributed by atoms with van der Waals surface area (Å²) in [6.45, 7) is 64.0. The highest BCUT2D eigenvalue weighted by Crippen LogP contribution is 2.31. The molecular formula is C103H201B3ClN13O24. The Morgan fingerprint density at radius 1 is 0.375 bits per heavy atom. The highest BCUT2D eigenvalue weighted by molar-refractivity contribution is 6.58. The molecule has 8 amide bonds. The van der Waals surface area contributed by atoms with Crippen molar-refractivity contribution in [2.75, 3.05) is 76.8 Å². The number of aliphatic carboxylic acids is 4. The summed E-state index contributed by atoms with van der Waals surface area (Å²) in [4.78, 5) is 194. The van der Waals surface area contributed by atoms with Crippen LogP contribution in [0, 0.1) is 34.0 Å². The number of amides is 8. The van der Waals surface area contributed by atoms with Gasteiger partial charge < -0.3 is 108 Å². The minimum Gasteiger partial charge on any atom is -0.480 e. The average molecular weight is 2070 g/mol. The number of esters is 4. The molecule has 0 aliphatic heterocycles. The van der Waals surface area contributed by atoms with Crippen LogP contribution >= 0.6 is 12.4 Å². The number of nitrogens with zero attached hydrogens (tertiary/aromatic N) is 4. The van der Waals surface area contributed by atoms with E-state index in [1.807, 2.05) is 159 Å². The quantitative estimate of drug-likeness (QED) is 0.0116. The first kappa shape index (κ1) is 160. The van der Waals surface area contributed by atoms with Crippen LogP contribution in [0.5, 0.6) is 0 Å². The first-order valence-electron chi connectivity index (χ1n) is 48.7. The van der Waals surface area contributed by atoms with Crippen LogP contribution in [0.2, 0.25) is 0 Å². The number of ether oxygens (including phenoxy) is 4. The molecule has 0 bridgehead atoms. The third kappa shape index (κ3) is 51.6. The lowest BCUT2D eigenvalue weighted by atomic mass is 9.83. The molecule has 0 heterocycles. The Bertz CT molecular complexity index is 3910. The van der Waals surface area contributed by atoms with E-state index in [0.29, 0.717) is 114 Å². The van der Waals surface area contributed by atoms with Crippen molar-refractivity contribution in [1.29, 1.82) is 0 Å². The van der Waals surface area contributed by atoms with Gasteiger partial charge in [0.15, 0.2) is 17.4 Å². The molecule has 15 N–H and O–H groups in total. The molecule has 838 valence electrons. The zero-order valence-corrected chi connectivity index (χ0v) is 95.1. The topological polar surface area (TPSA) is 540 Å². The van der Waals surface area contributed by atoms with Gasteiger partial charge in [0, 0.05) is 44.9 Å². The van der Waals surface area contributed by atoms with Crippen molar-refractivity contribution < 1.29 is 116 Å². The van der Waals surface area contributed by atoms with E-state index >= 15 is 0 Å². The zero-order chi connectivity index (χ0) is 113. The molecule has 0 saturated carbocycles. The van der Waals surface area contributed by atoms with Gasteiger partial charge in [-0.25, -0.2) is 28.8 Å². The SMILES string of the molecule is C.C.C.CCC(CC)(NC)C(=O)N[C@H](C(=O)N(C)[C@H](/C=C(\C)C(=O)O)C(C)C)C(C)(C)C.CCC(CC)(NC)C(=O)O.CCC(N)(CC)C(=O)O.CCOC(=O)/C(C)=C/[C@H](C(C)C)N(C)C(=O)[C@@H](N)C(C)(C)C.CCOC(=O)/C(C)=C/[C@H](C(C)C)N(C)C(=O)[C@@H](NC(=O)C(CC)(CC)NC)C(C)(C)C.Cl.[B]C(=O)N(C)C(CC)(CC)C(=O)OC.[B]C(=O)NC(CC)(CC)C(=O)O.[B]C(=O)NC(CC)(CC)C(=O)OC. The van der Waals surface area contributed by atoms with Gasteiger partial charge in [-0.2, -0.15) is 0 Å². The van der Waals surface area contributed by atoms with Crippen LogP contribution in [0.25, 0.3) is 0 Å². The van der Waals surface area contributed by atoms with Crippen LogP contribution in [0.3, 0.4) is 0 Å². The lowest BCUT2D eigenvalue weighted by molar-refractivity contribution is -0.153. The summed E-state index contributed by atoms with van der Waals surface area (Å²) in [6, 6.07) is -2.96. The third-order valence-corrected chi connectivity index (χ3v) is 26.1. The second-order valence-corrected chi connectivity index (χ2v) is 38.8. The van der Waals surface area contributed by atoms with E-state index in [1.165, 1.54) is 33.1 Å². The largest absolute Gasteiger partial charge is 0.480 e. The van der Waals surface area contributed by atoms with Gasteiger partial charge >= 0.3 is 47.8 Å². The molecule has 37 nitrogen and oxygen atoms in total. The molecule has 144 heavy (non-hydrogen) atoms. The van der Waals surface area contributed by atoms with Gasteiger partial charge in [0.25, 0.3) is 0 Å². The van der Waals surface area contributed by atoms with E-state index in [-0.39, 0.29) is 117 Å². The predicted octanol–water partition coefficient (Wildman–Crippen LogP) is 14.3. The number of carbonyl (C=O) groups excluding carboxylic acids is 12. The van der Waals surface area contributed by atoms with Crippen LogP contribution in [0.4, 0.5) is 14.4 Å². The number of nitrogens with one attached hydrogen (secondary N) is 7. The van der Waals surface area contributed by atoms with Gasteiger partial charge in [-0.1, -0.05) is 241 Å². The van der Waals surface area contributed by atoms with Crippen molar-refractivity contribution in [2.45, 2.75) is 423 Å². The first-order chi connectivity index (χ1) is 64.0. The molecule has 6 radical (unpaired) electrons. The molecule has 0 spiro atoms. The Kier molecular flexibility index (Phi) is 84.2. The number of hydrogen-bond donors (Lipinski definition) is 13. The van der Waals surface area contributed by atoms with Crippen LogP contribution < -0.4 is 48.7 Å². The molecule has 0 aromatic heterocycles. The van der Waals surface area contributed by atoms with Gasteiger partial charge in [-0.15, -0.1) is 12.4 Å². The smallest absolute Gasteiger partial charge is 0.333 e. The number of carboxylic acids is 4. The summed E-state index contributed by atoms with van der Waals surface area (Å²) in [5.74, 6) is -8.21. The van der Waals surface area contributed by atoms with Crippen molar-refractivity contribution in [3.05, 3.63) is 34.9 Å². The van der Waals surface area contributed by atoms with Gasteiger partial charge in [0.2, 0.25) is 53.1 Å². The lowest BCUT2D eigenvalue weighted by Gasteiger charge is -2.39. The van der Waals surface area contributed by atoms with E-state index < -0.39 is 127 Å². The van der Waals surface area contributed by atoms with Crippen molar-refractivity contribution in [2.24, 2.45) is 45.5 Å². The molecule has 0 aromatic rings. The van der Waals surface area contributed by atoms with Gasteiger partial charge in [-0.3, -0.25) is 47.9 Å². The minimum atomic E-state index is -1.20. The molecule has 0 rings (SSSR count). The maximum atomic E-state index is 13.6. The van der Waals surface area contributed by atoms with E-state index in [1.54, 1.807) is 144 Å². The molecule has 0 saturated heterocycles. The van der Waals surface area contributed by atoms with Crippen LogP contribution in [0.15, 0.2) is 34.9 Å². The standard InChI is InChI=1S/C24H45N3O4.C22H41N3O4.C17H32N2O3.C9H16BNO3.C8H14BNO3.C7H12BNO3.C7H15NO2.C6H13NO2.3CH4.ClH/c1-12-24(13-2,25-10)22(30)26-19(23(7,8)9)20(28)27(11)18(16(4)5)15-17(6)21(29)31-14-3;1-11-22(12-2,23-9)20(29)24-17(21(6,7)8)18(26)25(10)16(14(3)4)13-15(5)19(27)28;1-9-22-16(21)12(4)10-13(11(2)3)19(8)15(20)14(18)17(5,6)7;1-5-9(6-2,7(12)14-4)11(3)8(10)13;1-4-8(5-2,6(11)13-3)10-7(9)12;1-3-7(4-2,5(10)11)9-6(8)12;1-4-7(5-2,8-3)6(9)10;1-3-6(7,4-2)5(8)9;;;;/h15-16,18-19,25H,12-14H2,1-11H3,(H,26,30);13-14,16-17,23H,11-12H2,1-10H3,(H,24,29)(H,27,28);10-11,13-14H,9,18H2,1-8H3;5-6H2,1-4H3;4-5H2,1-3H3,(H,10,12);3-4H2,1-2H3,(H,9,12)(H,10,11);8H,4-5H2,1-3H3,(H,9,10);3-4,7H2,1-2H3,(H,8,9);3*1H4;1H/b17-15+;15-13+;12-10+;;;;;;;;;/t18-,19-;16-,17-;13-,14-;;;;;;;;;/m111........./s1. The Hall–Kier alpha value is -8.98. The first-order valence-corrected chi connectivity index (χ1v) is 48.7. The van der Waals surface area contributed by atoms with Crippen molar-refractivity contribution >= 4 is 131 Å². The number of likely N-dealkylation sites (N-methyl/N-ethyl adjacent to an activating group) is 7. The summed E-state index contributed by atoms with van der Waals surface area (Å²) in [6.07, 6.45) is 12.3. The average Bonchev–Trinajstić information content (AvgIpc) is 0.447. The Morgan fingerprint density at radius 3 is 0.792 bits per heavy atom. The molecule has 41 heteroatoms. The fraction of sp³-hybridized carbons (Fsp3) is 0.786. The number of methoxy groups -OCH3 is 2. The molecule has 0 aliphatic carbocycles. The van der Waals surface area contributed by atoms with Crippen molar-refractivity contribution in [1.82, 2.24) is 56.8 Å². The van der Waals surface area contributed by atoms with Gasteiger partial charge in [0.05, 0.1) is 62.7 Å². The Labute approximate surface area is 878 Å². The number of carbonyl (C=O) groups is 16. The Morgan fingerprint density at radius 2 is 0.632 bits per heavy atom. The monoisotopic (exact) mass is 2070 g/mol. The van der Waals surface area contributed by atoms with E-state index in [9.17, 15) is 81.8 Å². The van der Waals surface area contributed by atoms with E-state index in [0.717, 1.165) is 0 Å². The molecule has 0 unspecified atom stereocenters. The minimum absolute atomic E-state index is 0. The molecule has 6 atom stereocenters. The zero-order valence-electron chi connectivity index (χ0n) is 94.3. The summed E-state index contributed by atoms with van der Waals surface area (Å²) < 4.78 is 19.3. The fourth-order valence-electron chi connectivity index (χ4n) is 14.4. The predicted molar refractivity (Wildman–Crippen MR) is 583 cm³/mol. The number of halogens is 1. The van der Waals surface area contributed by atoms with Gasteiger partial charge in [0.1, 0.15) is 39.8 Å². The molecule has 0 fully saturated rings. The van der Waals surface area contributed by atoms with E-state index in [4.69, 9.17) is 59.8 Å². The number of rotatable bonds is 46. The normalized spacial score (nSPS) is 13.0. The maximum absolute atomic E-state index is 13.6. The van der Waals surface area contributed by atoms with Crippen LogP contribution in [-0.4, -0.2) is 310 Å². The Balaban J connectivity index is -0.000000143. The summed E-state index contributed by atoms with van der Waals surface area (Å²) >= 11 is 0. The lowest BCUT2D eigenvalue weighted by Crippen LogP contribution is -2.62. The van der Waals surface area contributed by atoms with Gasteiger partial charge in [-0.05, 0) is 180 Å². The fourth-order valence-corrected chi connectivity index (χ4v) is 14.4. The molecule has 0 aliphatic rings. The van der Waals surface area contributed by atoms with E-state index in [2.05, 4.69) is 46.7 Å². The number of carboxylic acid groups (broad SMARTS) is 4. The molecular weight excluding hydrogens is 1870 g/mol.